The van der Waals surface area contributed by atoms with Crippen LogP contribution in [0.2, 0.25) is 0 Å². The molecule has 6 nitrogen and oxygen atoms in total. The highest BCUT2D eigenvalue weighted by molar-refractivity contribution is 9.09. The van der Waals surface area contributed by atoms with Crippen LogP contribution in [0.3, 0.4) is 0 Å². The third kappa shape index (κ3) is 5.40. The van der Waals surface area contributed by atoms with Crippen LogP contribution in [-0.4, -0.2) is 60.2 Å². The molecule has 0 bridgehead atoms. The van der Waals surface area contributed by atoms with Gasteiger partial charge >= 0.3 is 6.09 Å². The van der Waals surface area contributed by atoms with Gasteiger partial charge in [-0.15, -0.1) is 0 Å². The molecule has 1 atom stereocenters. The lowest BCUT2D eigenvalue weighted by Crippen LogP contribution is -2.46. The summed E-state index contributed by atoms with van der Waals surface area (Å²) in [5.74, 6) is -0.262. The second-order valence-electron chi connectivity index (χ2n) is 5.84. The van der Waals surface area contributed by atoms with Crippen molar-refractivity contribution in [3.8, 4) is 0 Å². The zero-order chi connectivity index (χ0) is 15.6. The van der Waals surface area contributed by atoms with Crippen LogP contribution in [-0.2, 0) is 19.4 Å². The van der Waals surface area contributed by atoms with E-state index in [4.69, 9.17) is 4.74 Å². The van der Waals surface area contributed by atoms with Crippen LogP contribution in [0.4, 0.5) is 4.79 Å². The summed E-state index contributed by atoms with van der Waals surface area (Å²) in [4.78, 5) is 24.9. The van der Waals surface area contributed by atoms with Crippen molar-refractivity contribution in [2.75, 3.05) is 23.4 Å². The van der Waals surface area contributed by atoms with Crippen molar-refractivity contribution in [2.24, 2.45) is 0 Å². The van der Waals surface area contributed by atoms with Crippen LogP contribution < -0.4 is 0 Å². The van der Waals surface area contributed by atoms with Gasteiger partial charge in [-0.25, -0.2) is 13.2 Å². The van der Waals surface area contributed by atoms with Crippen LogP contribution in [0, 0.1) is 0 Å². The molecule has 0 aliphatic carbocycles. The summed E-state index contributed by atoms with van der Waals surface area (Å²) in [6.45, 7) is 5.03. The van der Waals surface area contributed by atoms with Gasteiger partial charge in [-0.3, -0.25) is 9.69 Å². The van der Waals surface area contributed by atoms with Crippen molar-refractivity contribution in [2.45, 2.75) is 38.8 Å². The van der Waals surface area contributed by atoms with E-state index in [0.717, 1.165) is 0 Å². The average molecular weight is 370 g/mol. The van der Waals surface area contributed by atoms with E-state index in [9.17, 15) is 18.0 Å². The number of hydrogen-bond donors (Lipinski definition) is 0. The number of amides is 1. The van der Waals surface area contributed by atoms with E-state index in [1.165, 1.54) is 4.90 Å². The van der Waals surface area contributed by atoms with Crippen molar-refractivity contribution < 1.29 is 22.7 Å². The van der Waals surface area contributed by atoms with Crippen LogP contribution in [0.25, 0.3) is 0 Å². The Morgan fingerprint density at radius 1 is 1.35 bits per heavy atom. The van der Waals surface area contributed by atoms with Crippen molar-refractivity contribution in [3.63, 3.8) is 0 Å². The third-order valence-corrected chi connectivity index (χ3v) is 5.15. The summed E-state index contributed by atoms with van der Waals surface area (Å²) in [5, 5.41) is 0.117. The third-order valence-electron chi connectivity index (χ3n) is 2.77. The fourth-order valence-corrected chi connectivity index (χ4v) is 3.82. The number of nitrogens with zero attached hydrogens (tertiary/aromatic N) is 1. The molecule has 20 heavy (non-hydrogen) atoms. The van der Waals surface area contributed by atoms with E-state index >= 15 is 0 Å². The highest BCUT2D eigenvalue weighted by Crippen LogP contribution is 2.20. The van der Waals surface area contributed by atoms with Gasteiger partial charge in [0.1, 0.15) is 5.60 Å². The Kier molecular flexibility index (Phi) is 5.60. The van der Waals surface area contributed by atoms with Gasteiger partial charge in [-0.1, -0.05) is 15.9 Å². The van der Waals surface area contributed by atoms with E-state index < -0.39 is 27.6 Å². The van der Waals surface area contributed by atoms with Crippen molar-refractivity contribution in [1.29, 1.82) is 0 Å². The number of ketones is 1. The van der Waals surface area contributed by atoms with E-state index in [0.29, 0.717) is 6.42 Å². The molecule has 0 radical (unpaired) electrons. The molecule has 1 unspecified atom stereocenters. The summed E-state index contributed by atoms with van der Waals surface area (Å²) in [7, 11) is -3.13. The van der Waals surface area contributed by atoms with Gasteiger partial charge in [-0.05, 0) is 27.2 Å². The number of carbonyl (C=O) groups is 2. The molecule has 1 aliphatic rings. The molecular formula is C12H20BrNO5S. The Morgan fingerprint density at radius 2 is 1.95 bits per heavy atom. The minimum Gasteiger partial charge on any atom is -0.444 e. The first-order valence-electron chi connectivity index (χ1n) is 6.32. The Balaban J connectivity index is 2.86. The molecule has 0 N–H and O–H groups in total. The normalized spacial score (nSPS) is 21.5. The lowest BCUT2D eigenvalue weighted by atomic mass is 10.2. The van der Waals surface area contributed by atoms with Gasteiger partial charge in [0.25, 0.3) is 0 Å². The molecule has 1 fully saturated rings. The molecule has 1 aliphatic heterocycles. The largest absolute Gasteiger partial charge is 0.444 e. The van der Waals surface area contributed by atoms with Crippen LogP contribution >= 0.6 is 15.9 Å². The van der Waals surface area contributed by atoms with E-state index in [-0.39, 0.29) is 29.2 Å². The SMILES string of the molecule is CC(C)(C)OC(=O)N(CC(=O)CBr)C1CCS(=O)(=O)C1. The van der Waals surface area contributed by atoms with Gasteiger partial charge in [-0.2, -0.15) is 0 Å². The first-order chi connectivity index (χ1) is 9.04. The number of Topliss-reactive ketones (excluding diaryl/α,β-unsaturated/α-hetero) is 1. The standard InChI is InChI=1S/C12H20BrNO5S/c1-12(2,3)19-11(16)14(7-10(15)6-13)9-4-5-20(17,18)8-9/h9H,4-8H2,1-3H3. The van der Waals surface area contributed by atoms with Crippen LogP contribution in [0.15, 0.2) is 0 Å². The second kappa shape index (κ2) is 6.43. The first-order valence-corrected chi connectivity index (χ1v) is 9.26. The predicted octanol–water partition coefficient (Wildman–Crippen LogP) is 1.37. The van der Waals surface area contributed by atoms with Crippen molar-refractivity contribution >= 4 is 37.6 Å². The summed E-state index contributed by atoms with van der Waals surface area (Å²) in [6.07, 6.45) is -0.300. The quantitative estimate of drug-likeness (QED) is 0.699. The molecular weight excluding hydrogens is 350 g/mol. The number of halogens is 1. The minimum atomic E-state index is -3.13. The Bertz CT molecular complexity index is 483. The lowest BCUT2D eigenvalue weighted by Gasteiger charge is -2.30. The zero-order valence-electron chi connectivity index (χ0n) is 11.9. The molecule has 1 rings (SSSR count). The maximum atomic E-state index is 12.1. The van der Waals surface area contributed by atoms with Crippen LogP contribution in [0.5, 0.6) is 0 Å². The van der Waals surface area contributed by atoms with E-state index in [1.807, 2.05) is 0 Å². The maximum absolute atomic E-state index is 12.1. The molecule has 1 saturated heterocycles. The molecule has 1 heterocycles. The molecule has 0 aromatic rings. The Hall–Kier alpha value is -0.630. The average Bonchev–Trinajstić information content (AvgIpc) is 2.63. The molecule has 1 amide bonds. The summed E-state index contributed by atoms with van der Waals surface area (Å²) >= 11 is 3.04. The molecule has 8 heteroatoms. The minimum absolute atomic E-state index is 0.0411. The monoisotopic (exact) mass is 369 g/mol. The van der Waals surface area contributed by atoms with Crippen molar-refractivity contribution in [1.82, 2.24) is 4.90 Å². The highest BCUT2D eigenvalue weighted by Gasteiger charge is 2.37. The van der Waals surface area contributed by atoms with Gasteiger partial charge in [0.05, 0.1) is 29.4 Å². The van der Waals surface area contributed by atoms with Gasteiger partial charge in [0.15, 0.2) is 15.6 Å². The predicted molar refractivity (Wildman–Crippen MR) is 78.8 cm³/mol. The van der Waals surface area contributed by atoms with Gasteiger partial charge in [0.2, 0.25) is 0 Å². The van der Waals surface area contributed by atoms with E-state index in [1.54, 1.807) is 20.8 Å². The fourth-order valence-electron chi connectivity index (χ4n) is 1.92. The van der Waals surface area contributed by atoms with Crippen LogP contribution in [0.1, 0.15) is 27.2 Å². The molecule has 0 saturated carbocycles. The molecule has 0 aromatic carbocycles. The van der Waals surface area contributed by atoms with Gasteiger partial charge < -0.3 is 4.74 Å². The summed E-state index contributed by atoms with van der Waals surface area (Å²) in [5.41, 5.74) is -0.690. The maximum Gasteiger partial charge on any atom is 0.410 e. The Labute approximate surface area is 127 Å². The highest BCUT2D eigenvalue weighted by atomic mass is 79.9. The molecule has 0 aromatic heterocycles. The lowest BCUT2D eigenvalue weighted by molar-refractivity contribution is -0.118. The number of hydrogen-bond acceptors (Lipinski definition) is 5. The molecule has 116 valence electrons. The number of ether oxygens (including phenoxy) is 1. The second-order valence-corrected chi connectivity index (χ2v) is 8.63. The smallest absolute Gasteiger partial charge is 0.410 e. The Morgan fingerprint density at radius 3 is 2.35 bits per heavy atom. The molecule has 0 spiro atoms. The van der Waals surface area contributed by atoms with Gasteiger partial charge in [0, 0.05) is 0 Å². The first kappa shape index (κ1) is 17.4. The van der Waals surface area contributed by atoms with Crippen molar-refractivity contribution in [3.05, 3.63) is 0 Å². The number of rotatable bonds is 4. The number of carbonyl (C=O) groups excluding carboxylic acids is 2. The summed E-state index contributed by atoms with van der Waals surface area (Å²) in [6, 6.07) is -0.488. The number of sulfone groups is 1. The topological polar surface area (TPSA) is 80.8 Å². The number of alkyl halides is 1. The zero-order valence-corrected chi connectivity index (χ0v) is 14.3. The fraction of sp³-hybridized carbons (Fsp3) is 0.833. The van der Waals surface area contributed by atoms with E-state index in [2.05, 4.69) is 15.9 Å². The summed E-state index contributed by atoms with van der Waals surface area (Å²) < 4.78 is 28.3.